The number of amides is 1. The molecule has 58 heavy (non-hydrogen) atoms. The van der Waals surface area contributed by atoms with Crippen molar-refractivity contribution in [3.8, 4) is 11.5 Å². The van der Waals surface area contributed by atoms with Crippen LogP contribution in [0.25, 0.3) is 10.9 Å². The number of Topliss-reactive ketones (excluding diaryl/α,β-unsaturated/α-hetero) is 1. The number of benzene rings is 4. The number of aromatic amines is 1. The summed E-state index contributed by atoms with van der Waals surface area (Å²) in [5, 5.41) is 28.0. The van der Waals surface area contributed by atoms with Crippen molar-refractivity contribution in [1.82, 2.24) is 15.6 Å². The van der Waals surface area contributed by atoms with E-state index in [0.717, 1.165) is 87.0 Å². The van der Waals surface area contributed by atoms with Gasteiger partial charge in [0.1, 0.15) is 24.6 Å². The van der Waals surface area contributed by atoms with Gasteiger partial charge in [-0.3, -0.25) is 9.59 Å². The molecule has 0 spiro atoms. The van der Waals surface area contributed by atoms with Crippen molar-refractivity contribution in [1.29, 1.82) is 0 Å². The zero-order valence-electron chi connectivity index (χ0n) is 33.0. The number of rotatable bonds is 19. The number of alkyl carbamates (subject to hydrolysis) is 1. The molecular formula is C47H55N4O7+. The number of unbranched alkanes of at least 4 members (excludes halogenated alkanes) is 4. The van der Waals surface area contributed by atoms with Gasteiger partial charge in [-0.25, -0.2) is 4.79 Å². The fraction of sp³-hybridized carbons (Fsp3) is 0.383. The molecule has 2 unspecified atom stereocenters. The van der Waals surface area contributed by atoms with E-state index in [2.05, 4.69) is 15.6 Å². The first-order chi connectivity index (χ1) is 28.3. The number of ether oxygens (including phenoxy) is 2. The van der Waals surface area contributed by atoms with Gasteiger partial charge >= 0.3 is 6.09 Å². The van der Waals surface area contributed by atoms with Crippen LogP contribution in [0.4, 0.5) is 4.79 Å². The Balaban J connectivity index is 0.845. The fourth-order valence-corrected chi connectivity index (χ4v) is 8.65. The summed E-state index contributed by atoms with van der Waals surface area (Å²) in [5.74, 6) is 1.16. The maximum Gasteiger partial charge on any atom is 0.408 e. The second-order valence-electron chi connectivity index (χ2n) is 15.9. The summed E-state index contributed by atoms with van der Waals surface area (Å²) in [5.41, 5.74) is 3.25. The predicted molar refractivity (Wildman–Crippen MR) is 224 cm³/mol. The molecule has 1 aromatic heterocycles. The smallest absolute Gasteiger partial charge is 0.408 e. The molecule has 5 aromatic rings. The molecule has 2 bridgehead atoms. The number of nitrogens with one attached hydrogen (secondary N) is 3. The summed E-state index contributed by atoms with van der Waals surface area (Å²) in [6.07, 6.45) is 5.45. The third-order valence-corrected chi connectivity index (χ3v) is 11.8. The second-order valence-corrected chi connectivity index (χ2v) is 15.9. The van der Waals surface area contributed by atoms with Gasteiger partial charge in [0.2, 0.25) is 11.3 Å². The van der Waals surface area contributed by atoms with Gasteiger partial charge in [-0.2, -0.15) is 0 Å². The van der Waals surface area contributed by atoms with Gasteiger partial charge < -0.3 is 39.8 Å². The zero-order chi connectivity index (χ0) is 40.3. The predicted octanol–water partition coefficient (Wildman–Crippen LogP) is 7.19. The van der Waals surface area contributed by atoms with E-state index in [9.17, 15) is 24.6 Å². The molecule has 8 rings (SSSR count). The number of quaternary nitrogens is 1. The lowest BCUT2D eigenvalue weighted by Gasteiger charge is -2.51. The van der Waals surface area contributed by atoms with Crippen molar-refractivity contribution in [2.24, 2.45) is 5.92 Å². The Bertz CT molecular complexity index is 2190. The van der Waals surface area contributed by atoms with Crippen molar-refractivity contribution < 1.29 is 33.8 Å². The van der Waals surface area contributed by atoms with Crippen LogP contribution in [0, 0.1) is 5.92 Å². The van der Waals surface area contributed by atoms with E-state index in [1.165, 1.54) is 12.1 Å². The van der Waals surface area contributed by atoms with Gasteiger partial charge in [-0.15, -0.1) is 0 Å². The van der Waals surface area contributed by atoms with E-state index < -0.39 is 18.2 Å². The number of ketones is 1. The largest absolute Gasteiger partial charge is 0.506 e. The Labute approximate surface area is 339 Å². The number of fused-ring (bicyclic) bond motifs is 4. The van der Waals surface area contributed by atoms with Crippen LogP contribution in [-0.4, -0.2) is 83.5 Å². The van der Waals surface area contributed by atoms with E-state index in [1.807, 2.05) is 84.9 Å². The van der Waals surface area contributed by atoms with Crippen molar-refractivity contribution in [2.75, 3.05) is 45.9 Å². The number of aliphatic hydroxyl groups excluding tert-OH is 1. The minimum absolute atomic E-state index is 0.0234. The number of phenolic OH excluding ortho intramolecular Hbond substituents is 1. The monoisotopic (exact) mass is 787 g/mol. The number of carbonyl (C=O) groups excluding carboxylic acids is 2. The molecule has 3 aliphatic heterocycles. The summed E-state index contributed by atoms with van der Waals surface area (Å²) >= 11 is 0. The topological polar surface area (TPSA) is 150 Å². The molecule has 11 heteroatoms. The van der Waals surface area contributed by atoms with Gasteiger partial charge in [0.25, 0.3) is 0 Å². The molecule has 304 valence electrons. The molecule has 0 aliphatic carbocycles. The van der Waals surface area contributed by atoms with Gasteiger partial charge in [0.05, 0.1) is 37.4 Å². The van der Waals surface area contributed by atoms with E-state index in [1.54, 1.807) is 12.1 Å². The molecule has 1 amide bonds. The Morgan fingerprint density at radius 2 is 1.55 bits per heavy atom. The number of aromatic nitrogens is 1. The van der Waals surface area contributed by atoms with Crippen LogP contribution >= 0.6 is 0 Å². The average molecular weight is 788 g/mol. The molecule has 11 nitrogen and oxygen atoms in total. The number of aliphatic hydroxyl groups is 1. The first-order valence-electron chi connectivity index (χ1n) is 20.7. The van der Waals surface area contributed by atoms with Crippen LogP contribution in [-0.2, 0) is 4.74 Å². The Morgan fingerprint density at radius 3 is 2.34 bits per heavy atom. The van der Waals surface area contributed by atoms with Crippen molar-refractivity contribution in [3.05, 3.63) is 142 Å². The zero-order valence-corrected chi connectivity index (χ0v) is 33.0. The molecule has 4 aromatic carbocycles. The summed E-state index contributed by atoms with van der Waals surface area (Å²) < 4.78 is 13.0. The third-order valence-electron chi connectivity index (χ3n) is 11.8. The van der Waals surface area contributed by atoms with E-state index >= 15 is 0 Å². The fourth-order valence-electron chi connectivity index (χ4n) is 8.65. The normalized spacial score (nSPS) is 19.7. The third kappa shape index (κ3) is 10.3. The van der Waals surface area contributed by atoms with Crippen molar-refractivity contribution in [2.45, 2.75) is 63.2 Å². The molecule has 0 saturated carbocycles. The molecule has 3 aliphatic rings. The molecule has 3 atom stereocenters. The Kier molecular flexibility index (Phi) is 13.5. The number of aromatic hydroxyl groups is 1. The van der Waals surface area contributed by atoms with Crippen LogP contribution in [0.3, 0.4) is 0 Å². The SMILES string of the molecule is O=C(NC(c1ccccc1)c1cccc(OCCCCCCCNCC(O)c2ccc(O)c3[nH]c(=O)ccc23)c1)O[C@H]1C[N+]2(CC(=O)c3ccccc3)CCC1CC2. The minimum atomic E-state index is -0.772. The second kappa shape index (κ2) is 19.3. The Hall–Kier alpha value is -5.49. The number of phenols is 1. The van der Waals surface area contributed by atoms with Gasteiger partial charge in [-0.1, -0.05) is 98.1 Å². The Morgan fingerprint density at radius 1 is 0.828 bits per heavy atom. The summed E-state index contributed by atoms with van der Waals surface area (Å²) in [6.45, 7) is 4.67. The van der Waals surface area contributed by atoms with E-state index in [-0.39, 0.29) is 23.2 Å². The van der Waals surface area contributed by atoms with E-state index in [4.69, 9.17) is 9.47 Å². The van der Waals surface area contributed by atoms with Crippen LogP contribution in [0.2, 0.25) is 0 Å². The molecule has 4 heterocycles. The van der Waals surface area contributed by atoms with Gasteiger partial charge in [0.15, 0.2) is 6.10 Å². The lowest BCUT2D eigenvalue weighted by Crippen LogP contribution is -2.66. The van der Waals surface area contributed by atoms with Gasteiger partial charge in [0, 0.05) is 42.3 Å². The number of piperidine rings is 3. The first-order valence-corrected chi connectivity index (χ1v) is 20.7. The number of hydrogen-bond donors (Lipinski definition) is 5. The number of carbonyl (C=O) groups is 2. The van der Waals surface area contributed by atoms with E-state index in [0.29, 0.717) is 53.1 Å². The maximum absolute atomic E-state index is 13.6. The van der Waals surface area contributed by atoms with Crippen LogP contribution in [0.1, 0.15) is 84.1 Å². The number of nitrogens with zero attached hydrogens (tertiary/aromatic N) is 1. The number of pyridine rings is 1. The highest BCUT2D eigenvalue weighted by Gasteiger charge is 2.48. The highest BCUT2D eigenvalue weighted by Crippen LogP contribution is 2.36. The van der Waals surface area contributed by atoms with Crippen LogP contribution in [0.5, 0.6) is 11.5 Å². The molecule has 5 N–H and O–H groups in total. The summed E-state index contributed by atoms with van der Waals surface area (Å²) in [6, 6.07) is 33.0. The number of hydrogen-bond acceptors (Lipinski definition) is 8. The highest BCUT2D eigenvalue weighted by molar-refractivity contribution is 5.97. The van der Waals surface area contributed by atoms with Crippen LogP contribution < -0.4 is 20.9 Å². The lowest BCUT2D eigenvalue weighted by molar-refractivity contribution is -0.938. The lowest BCUT2D eigenvalue weighted by atomic mass is 9.83. The maximum atomic E-state index is 13.6. The molecule has 3 fully saturated rings. The first kappa shape index (κ1) is 40.7. The van der Waals surface area contributed by atoms with Crippen molar-refractivity contribution in [3.63, 3.8) is 0 Å². The standard InChI is InChI=1S/C47H54N4O7/c52-40-21-19-38(39-20-22-44(55)49-46(39)40)41(53)30-48-25-10-2-1-3-11-28-57-37-18-12-17-36(29-37)45(35-15-8-5-9-16-35)50-47(56)58-43-32-51(26-23-34(43)24-27-51)31-42(54)33-13-6-4-7-14-33/h4-9,12-22,29,34,41,43,45,48,53H,1-3,10-11,23-28,30-32H2,(H2-,49,50,52,55,56)/p+1/t34?,41?,43-,45?,51?/m0/s1. The molecule has 0 radical (unpaired) electrons. The summed E-state index contributed by atoms with van der Waals surface area (Å²) in [4.78, 5) is 41.1. The number of H-pyrrole nitrogens is 1. The minimum Gasteiger partial charge on any atom is -0.506 e. The summed E-state index contributed by atoms with van der Waals surface area (Å²) in [7, 11) is 0. The average Bonchev–Trinajstić information content (AvgIpc) is 3.24. The molecule has 3 saturated heterocycles. The molecular weight excluding hydrogens is 733 g/mol. The van der Waals surface area contributed by atoms with Crippen LogP contribution in [0.15, 0.2) is 114 Å². The van der Waals surface area contributed by atoms with Gasteiger partial charge in [-0.05, 0) is 60.3 Å². The quantitative estimate of drug-likeness (QED) is 0.0336. The van der Waals surface area contributed by atoms with Crippen molar-refractivity contribution >= 4 is 22.8 Å². The highest BCUT2D eigenvalue weighted by atomic mass is 16.6.